The van der Waals surface area contributed by atoms with E-state index in [9.17, 15) is 4.79 Å². The number of rotatable bonds is 1. The van der Waals surface area contributed by atoms with Crippen LogP contribution < -0.4 is 5.73 Å². The third kappa shape index (κ3) is 2.53. The summed E-state index contributed by atoms with van der Waals surface area (Å²) in [5, 5.41) is 0. The van der Waals surface area contributed by atoms with Crippen LogP contribution in [0.1, 0.15) is 17.0 Å². The summed E-state index contributed by atoms with van der Waals surface area (Å²) in [7, 11) is 0. The molecule has 0 unspecified atom stereocenters. The second-order valence-corrected chi connectivity index (χ2v) is 4.25. The molecule has 0 aromatic carbocycles. The monoisotopic (exact) mass is 294 g/mol. The highest BCUT2D eigenvalue weighted by Gasteiger charge is 2.27. The van der Waals surface area contributed by atoms with E-state index in [-0.39, 0.29) is 24.4 Å². The molecule has 2 rings (SSSR count). The Morgan fingerprint density at radius 2 is 2.40 bits per heavy atom. The first-order valence-corrected chi connectivity index (χ1v) is 5.25. The van der Waals surface area contributed by atoms with Crippen molar-refractivity contribution in [3.63, 3.8) is 0 Å². The first-order valence-electron chi connectivity index (χ1n) is 4.46. The number of carbonyl (C=O) groups excluding carboxylic acids is 1. The van der Waals surface area contributed by atoms with Gasteiger partial charge in [-0.3, -0.25) is 4.79 Å². The fraction of sp³-hybridized carbons (Fsp3) is 0.444. The predicted octanol–water partition coefficient (Wildman–Crippen LogP) is 1.64. The average molecular weight is 296 g/mol. The molecule has 1 aromatic rings. The molecule has 0 aliphatic carbocycles. The second-order valence-electron chi connectivity index (χ2n) is 3.40. The average Bonchev–Trinajstić information content (AvgIpc) is 2.73. The van der Waals surface area contributed by atoms with Crippen molar-refractivity contribution in [2.75, 3.05) is 13.1 Å². The Bertz CT molecular complexity index is 356. The number of halogens is 2. The Hall–Kier alpha value is -0.520. The third-order valence-electron chi connectivity index (χ3n) is 2.32. The van der Waals surface area contributed by atoms with E-state index in [1.807, 2.05) is 0 Å². The van der Waals surface area contributed by atoms with Gasteiger partial charge < -0.3 is 15.1 Å². The highest BCUT2D eigenvalue weighted by molar-refractivity contribution is 9.10. The quantitative estimate of drug-likeness (QED) is 0.857. The van der Waals surface area contributed by atoms with Crippen molar-refractivity contribution in [2.45, 2.75) is 12.5 Å². The van der Waals surface area contributed by atoms with Gasteiger partial charge in [0.15, 0.2) is 0 Å². The molecule has 1 aliphatic rings. The van der Waals surface area contributed by atoms with Crippen LogP contribution in [0.25, 0.3) is 0 Å². The number of furan rings is 1. The maximum Gasteiger partial charge on any atom is 0.290 e. The first-order chi connectivity index (χ1) is 6.68. The molecular formula is C9H12BrClN2O2. The van der Waals surface area contributed by atoms with Crippen LogP contribution >= 0.6 is 28.3 Å². The van der Waals surface area contributed by atoms with Crippen molar-refractivity contribution in [2.24, 2.45) is 5.73 Å². The van der Waals surface area contributed by atoms with Crippen LogP contribution in [0.4, 0.5) is 0 Å². The van der Waals surface area contributed by atoms with E-state index in [4.69, 9.17) is 10.2 Å². The molecule has 4 nitrogen and oxygen atoms in total. The van der Waals surface area contributed by atoms with Gasteiger partial charge in [-0.05, 0) is 28.4 Å². The van der Waals surface area contributed by atoms with Gasteiger partial charge in [-0.2, -0.15) is 0 Å². The van der Waals surface area contributed by atoms with E-state index < -0.39 is 0 Å². The van der Waals surface area contributed by atoms with Crippen molar-refractivity contribution in [1.29, 1.82) is 0 Å². The van der Waals surface area contributed by atoms with Gasteiger partial charge in [0.1, 0.15) is 0 Å². The minimum atomic E-state index is -0.0881. The number of nitrogens with zero attached hydrogens (tertiary/aromatic N) is 1. The molecule has 84 valence electrons. The molecule has 1 fully saturated rings. The van der Waals surface area contributed by atoms with Gasteiger partial charge in [0.05, 0.1) is 10.7 Å². The molecule has 1 saturated heterocycles. The number of hydrogen-bond acceptors (Lipinski definition) is 3. The molecule has 1 atom stereocenters. The van der Waals surface area contributed by atoms with Gasteiger partial charge >= 0.3 is 0 Å². The van der Waals surface area contributed by atoms with Gasteiger partial charge in [0, 0.05) is 19.1 Å². The van der Waals surface area contributed by atoms with Crippen molar-refractivity contribution in [1.82, 2.24) is 4.90 Å². The van der Waals surface area contributed by atoms with Gasteiger partial charge in [-0.15, -0.1) is 12.4 Å². The summed E-state index contributed by atoms with van der Waals surface area (Å²) in [6.45, 7) is 1.33. The smallest absolute Gasteiger partial charge is 0.290 e. The zero-order chi connectivity index (χ0) is 10.1. The minimum Gasteiger partial charge on any atom is -0.458 e. The van der Waals surface area contributed by atoms with E-state index in [0.717, 1.165) is 6.42 Å². The zero-order valence-electron chi connectivity index (χ0n) is 7.98. The van der Waals surface area contributed by atoms with E-state index in [2.05, 4.69) is 15.9 Å². The van der Waals surface area contributed by atoms with Crippen LogP contribution in [0.15, 0.2) is 21.2 Å². The lowest BCUT2D eigenvalue weighted by Gasteiger charge is -2.13. The van der Waals surface area contributed by atoms with Gasteiger partial charge in [-0.25, -0.2) is 0 Å². The normalized spacial score (nSPS) is 20.1. The molecule has 1 amide bonds. The van der Waals surface area contributed by atoms with Crippen LogP contribution in [0.5, 0.6) is 0 Å². The number of likely N-dealkylation sites (tertiary alicyclic amines) is 1. The van der Waals surface area contributed by atoms with E-state index >= 15 is 0 Å². The van der Waals surface area contributed by atoms with Crippen LogP contribution in [-0.4, -0.2) is 29.9 Å². The van der Waals surface area contributed by atoms with E-state index in [1.54, 1.807) is 11.0 Å². The Labute approximate surface area is 102 Å². The van der Waals surface area contributed by atoms with E-state index in [1.165, 1.54) is 6.26 Å². The first kappa shape index (κ1) is 12.5. The topological polar surface area (TPSA) is 59.5 Å². The van der Waals surface area contributed by atoms with Crippen molar-refractivity contribution in [3.8, 4) is 0 Å². The zero-order valence-corrected chi connectivity index (χ0v) is 10.4. The summed E-state index contributed by atoms with van der Waals surface area (Å²) in [5.41, 5.74) is 5.72. The molecule has 1 aromatic heterocycles. The number of nitrogens with two attached hydrogens (primary N) is 1. The Morgan fingerprint density at radius 1 is 1.67 bits per heavy atom. The molecule has 1 aliphatic heterocycles. The van der Waals surface area contributed by atoms with Gasteiger partial charge in [0.25, 0.3) is 5.91 Å². The molecule has 2 N–H and O–H groups in total. The summed E-state index contributed by atoms with van der Waals surface area (Å²) in [5.74, 6) is 0.272. The highest BCUT2D eigenvalue weighted by Crippen LogP contribution is 2.21. The summed E-state index contributed by atoms with van der Waals surface area (Å²) in [6.07, 6.45) is 2.36. The number of hydrogen-bond donors (Lipinski definition) is 1. The molecule has 0 radical (unpaired) electrons. The fourth-order valence-electron chi connectivity index (χ4n) is 1.56. The summed E-state index contributed by atoms with van der Waals surface area (Å²) in [4.78, 5) is 13.5. The van der Waals surface area contributed by atoms with Crippen molar-refractivity contribution in [3.05, 3.63) is 22.6 Å². The maximum atomic E-state index is 11.8. The molecule has 15 heavy (non-hydrogen) atoms. The van der Waals surface area contributed by atoms with Crippen LogP contribution in [-0.2, 0) is 0 Å². The SMILES string of the molecule is Cl.N[C@@H]1CCN(C(=O)c2occc2Br)C1. The van der Waals surface area contributed by atoms with Crippen molar-refractivity contribution < 1.29 is 9.21 Å². The molecular weight excluding hydrogens is 283 g/mol. The Morgan fingerprint density at radius 3 is 2.87 bits per heavy atom. The van der Waals surface area contributed by atoms with Crippen LogP contribution in [0.3, 0.4) is 0 Å². The maximum absolute atomic E-state index is 11.8. The molecule has 0 spiro atoms. The lowest BCUT2D eigenvalue weighted by atomic mass is 10.3. The molecule has 2 heterocycles. The number of carbonyl (C=O) groups is 1. The minimum absolute atomic E-state index is 0. The molecule has 0 saturated carbocycles. The predicted molar refractivity (Wildman–Crippen MR) is 62.2 cm³/mol. The van der Waals surface area contributed by atoms with Gasteiger partial charge in [0.2, 0.25) is 5.76 Å². The third-order valence-corrected chi connectivity index (χ3v) is 2.95. The Kier molecular flexibility index (Phi) is 4.19. The summed E-state index contributed by atoms with van der Waals surface area (Å²) >= 11 is 3.26. The summed E-state index contributed by atoms with van der Waals surface area (Å²) in [6, 6.07) is 1.82. The second kappa shape index (κ2) is 5.01. The van der Waals surface area contributed by atoms with Gasteiger partial charge in [-0.1, -0.05) is 0 Å². The standard InChI is InChI=1S/C9H11BrN2O2.ClH/c10-7-2-4-14-8(7)9(13)12-3-1-6(11)5-12;/h2,4,6H,1,3,5,11H2;1H/t6-;/m1./s1. The van der Waals surface area contributed by atoms with E-state index in [0.29, 0.717) is 23.3 Å². The van der Waals surface area contributed by atoms with Crippen LogP contribution in [0, 0.1) is 0 Å². The number of amides is 1. The lowest BCUT2D eigenvalue weighted by molar-refractivity contribution is 0.0758. The lowest BCUT2D eigenvalue weighted by Crippen LogP contribution is -2.31. The Balaban J connectivity index is 0.00000112. The largest absolute Gasteiger partial charge is 0.458 e. The molecule has 6 heteroatoms. The van der Waals surface area contributed by atoms with Crippen LogP contribution in [0.2, 0.25) is 0 Å². The summed E-state index contributed by atoms with van der Waals surface area (Å²) < 4.78 is 5.79. The van der Waals surface area contributed by atoms with Crippen molar-refractivity contribution >= 4 is 34.2 Å². The fourth-order valence-corrected chi connectivity index (χ4v) is 1.93. The molecule has 0 bridgehead atoms. The highest BCUT2D eigenvalue weighted by atomic mass is 79.9.